The zero-order valence-electron chi connectivity index (χ0n) is 10.0. The van der Waals surface area contributed by atoms with Crippen LogP contribution in [-0.2, 0) is 14.6 Å². The van der Waals surface area contributed by atoms with Gasteiger partial charge in [0.1, 0.15) is 17.1 Å². The summed E-state index contributed by atoms with van der Waals surface area (Å²) in [5, 5.41) is 9.01. The molecular weight excluding hydrogens is 260 g/mol. The minimum Gasteiger partial charge on any atom is -0.489 e. The molecule has 0 atom stereocenters. The molecule has 0 radical (unpaired) electrons. The zero-order chi connectivity index (χ0) is 13.8. The molecule has 1 aromatic carbocycles. The van der Waals surface area contributed by atoms with Crippen LogP contribution in [0.15, 0.2) is 23.1 Å². The number of rotatable bonds is 6. The molecule has 0 spiro atoms. The van der Waals surface area contributed by atoms with Crippen LogP contribution in [0, 0.1) is 0 Å². The Morgan fingerprint density at radius 2 is 2.00 bits per heavy atom. The molecule has 18 heavy (non-hydrogen) atoms. The van der Waals surface area contributed by atoms with E-state index in [1.54, 1.807) is 0 Å². The molecular formula is C11H14O6S. The fourth-order valence-corrected chi connectivity index (χ4v) is 2.18. The molecule has 0 amide bonds. The van der Waals surface area contributed by atoms with Crippen molar-refractivity contribution < 1.29 is 27.8 Å². The maximum absolute atomic E-state index is 11.6. The van der Waals surface area contributed by atoms with Gasteiger partial charge < -0.3 is 14.6 Å². The second-order valence-corrected chi connectivity index (χ2v) is 5.54. The van der Waals surface area contributed by atoms with Gasteiger partial charge >= 0.3 is 5.97 Å². The fourth-order valence-electron chi connectivity index (χ4n) is 1.35. The second kappa shape index (κ2) is 5.83. The summed E-state index contributed by atoms with van der Waals surface area (Å²) >= 11 is 0. The van der Waals surface area contributed by atoms with Gasteiger partial charge in [0, 0.05) is 13.4 Å². The van der Waals surface area contributed by atoms with Gasteiger partial charge in [0.05, 0.1) is 6.61 Å². The monoisotopic (exact) mass is 274 g/mol. The van der Waals surface area contributed by atoms with Crippen LogP contribution in [0.2, 0.25) is 0 Å². The molecule has 100 valence electrons. The molecule has 0 aliphatic carbocycles. The van der Waals surface area contributed by atoms with E-state index in [0.29, 0.717) is 0 Å². The summed E-state index contributed by atoms with van der Waals surface area (Å²) in [7, 11) is -2.09. The molecule has 0 aromatic heterocycles. The molecule has 1 aromatic rings. The molecule has 1 rings (SSSR count). The van der Waals surface area contributed by atoms with Crippen molar-refractivity contribution in [3.8, 4) is 5.75 Å². The largest absolute Gasteiger partial charge is 0.489 e. The summed E-state index contributed by atoms with van der Waals surface area (Å²) in [4.78, 5) is 10.9. The number of hydrogen-bond donors (Lipinski definition) is 1. The summed E-state index contributed by atoms with van der Waals surface area (Å²) in [6.45, 7) is 0.306. The van der Waals surface area contributed by atoms with Crippen molar-refractivity contribution in [3.63, 3.8) is 0 Å². The number of carboxylic acid groups (broad SMARTS) is 1. The van der Waals surface area contributed by atoms with Crippen molar-refractivity contribution in [1.82, 2.24) is 0 Å². The highest BCUT2D eigenvalue weighted by Crippen LogP contribution is 2.28. The molecule has 0 bridgehead atoms. The van der Waals surface area contributed by atoms with Crippen molar-refractivity contribution in [2.45, 2.75) is 4.90 Å². The van der Waals surface area contributed by atoms with Gasteiger partial charge in [-0.25, -0.2) is 13.2 Å². The Labute approximate surface area is 105 Å². The van der Waals surface area contributed by atoms with Crippen molar-refractivity contribution in [1.29, 1.82) is 0 Å². The molecule has 1 N–H and O–H groups in total. The van der Waals surface area contributed by atoms with Gasteiger partial charge in [-0.1, -0.05) is 6.07 Å². The number of methoxy groups -OCH3 is 1. The maximum Gasteiger partial charge on any atom is 0.339 e. The minimum atomic E-state index is -3.56. The first-order valence-electron chi connectivity index (χ1n) is 5.06. The smallest absolute Gasteiger partial charge is 0.339 e. The lowest BCUT2D eigenvalue weighted by atomic mass is 10.2. The molecule has 7 heteroatoms. The van der Waals surface area contributed by atoms with E-state index in [-0.39, 0.29) is 29.4 Å². The number of carbonyl (C=O) groups is 1. The van der Waals surface area contributed by atoms with E-state index >= 15 is 0 Å². The predicted molar refractivity (Wildman–Crippen MR) is 63.9 cm³/mol. The summed E-state index contributed by atoms with van der Waals surface area (Å²) in [5.41, 5.74) is -0.186. The van der Waals surface area contributed by atoms with Crippen LogP contribution in [0.1, 0.15) is 10.4 Å². The number of para-hydroxylation sites is 1. The summed E-state index contributed by atoms with van der Waals surface area (Å²) in [6.07, 6.45) is 0.997. The normalized spacial score (nSPS) is 11.2. The van der Waals surface area contributed by atoms with Gasteiger partial charge in [-0.05, 0) is 12.1 Å². The van der Waals surface area contributed by atoms with E-state index < -0.39 is 15.8 Å². The van der Waals surface area contributed by atoms with E-state index in [1.165, 1.54) is 25.3 Å². The first kappa shape index (κ1) is 14.5. The highest BCUT2D eigenvalue weighted by atomic mass is 32.2. The number of ether oxygens (including phenoxy) is 2. The van der Waals surface area contributed by atoms with Crippen LogP contribution in [0.3, 0.4) is 0 Å². The number of aromatic carboxylic acids is 1. The van der Waals surface area contributed by atoms with Crippen LogP contribution < -0.4 is 4.74 Å². The van der Waals surface area contributed by atoms with E-state index in [0.717, 1.165) is 6.26 Å². The van der Waals surface area contributed by atoms with Gasteiger partial charge in [0.2, 0.25) is 0 Å². The van der Waals surface area contributed by atoms with Crippen LogP contribution in [0.4, 0.5) is 0 Å². The van der Waals surface area contributed by atoms with Gasteiger partial charge in [0.25, 0.3) is 0 Å². The van der Waals surface area contributed by atoms with Crippen molar-refractivity contribution in [2.24, 2.45) is 0 Å². The molecule has 0 aliphatic heterocycles. The summed E-state index contributed by atoms with van der Waals surface area (Å²) in [6, 6.07) is 3.96. The molecule has 0 saturated carbocycles. The SMILES string of the molecule is COCCOc1c(C(=O)O)cccc1S(C)(=O)=O. The lowest BCUT2D eigenvalue weighted by Crippen LogP contribution is -2.12. The third kappa shape index (κ3) is 3.44. The van der Waals surface area contributed by atoms with Gasteiger partial charge in [0.15, 0.2) is 15.6 Å². The highest BCUT2D eigenvalue weighted by Gasteiger charge is 2.21. The predicted octanol–water partition coefficient (Wildman–Crippen LogP) is 0.814. The van der Waals surface area contributed by atoms with E-state index in [9.17, 15) is 13.2 Å². The number of benzene rings is 1. The Morgan fingerprint density at radius 1 is 1.33 bits per heavy atom. The van der Waals surface area contributed by atoms with Crippen molar-refractivity contribution >= 4 is 15.8 Å². The Kier molecular flexibility index (Phi) is 4.69. The van der Waals surface area contributed by atoms with Gasteiger partial charge in [-0.3, -0.25) is 0 Å². The lowest BCUT2D eigenvalue weighted by Gasteiger charge is -2.12. The average molecular weight is 274 g/mol. The number of carboxylic acids is 1. The molecule has 0 fully saturated rings. The fraction of sp³-hybridized carbons (Fsp3) is 0.364. The number of hydrogen-bond acceptors (Lipinski definition) is 5. The van der Waals surface area contributed by atoms with E-state index in [2.05, 4.69) is 0 Å². The first-order chi connectivity index (χ1) is 8.38. The molecule has 0 saturated heterocycles. The molecule has 6 nitrogen and oxygen atoms in total. The van der Waals surface area contributed by atoms with Crippen LogP contribution in [-0.4, -0.2) is 46.1 Å². The summed E-state index contributed by atoms with van der Waals surface area (Å²) < 4.78 is 33.1. The van der Waals surface area contributed by atoms with E-state index in [1.807, 2.05) is 0 Å². The zero-order valence-corrected chi connectivity index (χ0v) is 10.9. The Morgan fingerprint density at radius 3 is 2.50 bits per heavy atom. The Hall–Kier alpha value is -1.60. The van der Waals surface area contributed by atoms with Crippen molar-refractivity contribution in [2.75, 3.05) is 26.6 Å². The Bertz CT molecular complexity index is 534. The van der Waals surface area contributed by atoms with E-state index in [4.69, 9.17) is 14.6 Å². The first-order valence-corrected chi connectivity index (χ1v) is 6.95. The minimum absolute atomic E-state index is 0.0727. The topological polar surface area (TPSA) is 89.9 Å². The highest BCUT2D eigenvalue weighted by molar-refractivity contribution is 7.90. The van der Waals surface area contributed by atoms with Gasteiger partial charge in [-0.2, -0.15) is 0 Å². The van der Waals surface area contributed by atoms with Crippen LogP contribution in [0.5, 0.6) is 5.75 Å². The third-order valence-corrected chi connectivity index (χ3v) is 3.26. The number of sulfone groups is 1. The maximum atomic E-state index is 11.6. The standard InChI is InChI=1S/C11H14O6S/c1-16-6-7-17-10-8(11(12)13)4-3-5-9(10)18(2,14)15/h3-5H,6-7H2,1-2H3,(H,12,13). The second-order valence-electron chi connectivity index (χ2n) is 3.55. The lowest BCUT2D eigenvalue weighted by molar-refractivity contribution is 0.0688. The summed E-state index contributed by atoms with van der Waals surface area (Å²) in [5.74, 6) is -1.39. The third-order valence-electron chi connectivity index (χ3n) is 2.14. The van der Waals surface area contributed by atoms with Gasteiger partial charge in [-0.15, -0.1) is 0 Å². The van der Waals surface area contributed by atoms with Crippen LogP contribution in [0.25, 0.3) is 0 Å². The Balaban J connectivity index is 3.26. The molecule has 0 aliphatic rings. The average Bonchev–Trinajstić information content (AvgIpc) is 2.27. The van der Waals surface area contributed by atoms with Crippen molar-refractivity contribution in [3.05, 3.63) is 23.8 Å². The quantitative estimate of drug-likeness (QED) is 0.772. The molecule has 0 unspecified atom stereocenters. The molecule has 0 heterocycles. The van der Waals surface area contributed by atoms with Crippen LogP contribution >= 0.6 is 0 Å².